The minimum absolute atomic E-state index is 0.0339. The van der Waals surface area contributed by atoms with E-state index in [4.69, 9.17) is 4.74 Å². The van der Waals surface area contributed by atoms with E-state index in [1.54, 1.807) is 18.9 Å². The van der Waals surface area contributed by atoms with Crippen molar-refractivity contribution in [1.82, 2.24) is 0 Å². The number of thioether (sulfide) groups is 1. The van der Waals surface area contributed by atoms with Gasteiger partial charge >= 0.3 is 0 Å². The normalized spacial score (nSPS) is 10.1. The van der Waals surface area contributed by atoms with E-state index < -0.39 is 0 Å². The molecule has 0 aromatic heterocycles. The SMILES string of the molecule is COc1cccc(SCCC(=O)Nc2ccccc2)c1. The number of hydrogen-bond donors (Lipinski definition) is 1. The zero-order valence-electron chi connectivity index (χ0n) is 11.3. The fourth-order valence-corrected chi connectivity index (χ4v) is 2.59. The molecule has 0 aliphatic rings. The van der Waals surface area contributed by atoms with E-state index in [-0.39, 0.29) is 5.91 Å². The molecule has 1 amide bonds. The molecule has 0 aliphatic carbocycles. The number of methoxy groups -OCH3 is 1. The first-order chi connectivity index (χ1) is 9.78. The summed E-state index contributed by atoms with van der Waals surface area (Å²) in [4.78, 5) is 12.9. The Morgan fingerprint density at radius 2 is 1.95 bits per heavy atom. The van der Waals surface area contributed by atoms with Crippen molar-refractivity contribution in [1.29, 1.82) is 0 Å². The molecule has 0 aliphatic heterocycles. The lowest BCUT2D eigenvalue weighted by atomic mass is 10.3. The smallest absolute Gasteiger partial charge is 0.225 e. The summed E-state index contributed by atoms with van der Waals surface area (Å²) in [7, 11) is 1.65. The van der Waals surface area contributed by atoms with Crippen LogP contribution in [-0.4, -0.2) is 18.8 Å². The Hall–Kier alpha value is -1.94. The van der Waals surface area contributed by atoms with Gasteiger partial charge in [-0.1, -0.05) is 24.3 Å². The van der Waals surface area contributed by atoms with Crippen LogP contribution in [0.4, 0.5) is 5.69 Å². The van der Waals surface area contributed by atoms with Crippen LogP contribution in [-0.2, 0) is 4.79 Å². The van der Waals surface area contributed by atoms with Crippen molar-refractivity contribution in [2.75, 3.05) is 18.2 Å². The highest BCUT2D eigenvalue weighted by Gasteiger charge is 2.03. The van der Waals surface area contributed by atoms with Gasteiger partial charge in [-0.25, -0.2) is 0 Å². The topological polar surface area (TPSA) is 38.3 Å². The molecule has 104 valence electrons. The van der Waals surface area contributed by atoms with Crippen LogP contribution in [0.5, 0.6) is 5.75 Å². The number of amides is 1. The molecule has 1 N–H and O–H groups in total. The number of hydrogen-bond acceptors (Lipinski definition) is 3. The summed E-state index contributed by atoms with van der Waals surface area (Å²) in [6.45, 7) is 0. The molecule has 0 unspecified atom stereocenters. The lowest BCUT2D eigenvalue weighted by Gasteiger charge is -2.06. The van der Waals surface area contributed by atoms with Crippen LogP contribution in [0.2, 0.25) is 0 Å². The molecule has 3 nitrogen and oxygen atoms in total. The second-order valence-corrected chi connectivity index (χ2v) is 5.36. The minimum atomic E-state index is 0.0339. The fourth-order valence-electron chi connectivity index (χ4n) is 1.70. The molecular weight excluding hydrogens is 270 g/mol. The molecule has 0 spiro atoms. The van der Waals surface area contributed by atoms with Gasteiger partial charge in [0.05, 0.1) is 7.11 Å². The van der Waals surface area contributed by atoms with Crippen molar-refractivity contribution in [3.63, 3.8) is 0 Å². The highest BCUT2D eigenvalue weighted by molar-refractivity contribution is 7.99. The van der Waals surface area contributed by atoms with Gasteiger partial charge < -0.3 is 10.1 Å². The molecule has 0 fully saturated rings. The summed E-state index contributed by atoms with van der Waals surface area (Å²) in [5.74, 6) is 1.61. The van der Waals surface area contributed by atoms with E-state index in [0.29, 0.717) is 6.42 Å². The van der Waals surface area contributed by atoms with Gasteiger partial charge in [-0.3, -0.25) is 4.79 Å². The van der Waals surface area contributed by atoms with Crippen LogP contribution < -0.4 is 10.1 Å². The van der Waals surface area contributed by atoms with Crippen molar-refractivity contribution in [3.05, 3.63) is 54.6 Å². The van der Waals surface area contributed by atoms with Gasteiger partial charge in [0, 0.05) is 22.8 Å². The lowest BCUT2D eigenvalue weighted by molar-refractivity contribution is -0.115. The Morgan fingerprint density at radius 1 is 1.15 bits per heavy atom. The molecule has 2 rings (SSSR count). The lowest BCUT2D eigenvalue weighted by Crippen LogP contribution is -2.11. The summed E-state index contributed by atoms with van der Waals surface area (Å²) in [6, 6.07) is 17.3. The highest BCUT2D eigenvalue weighted by Crippen LogP contribution is 2.23. The van der Waals surface area contributed by atoms with Crippen LogP contribution in [0.15, 0.2) is 59.5 Å². The third-order valence-electron chi connectivity index (χ3n) is 2.70. The minimum Gasteiger partial charge on any atom is -0.497 e. The van der Waals surface area contributed by atoms with Gasteiger partial charge in [0.15, 0.2) is 0 Å². The van der Waals surface area contributed by atoms with Gasteiger partial charge in [0.25, 0.3) is 0 Å². The Balaban J connectivity index is 1.76. The van der Waals surface area contributed by atoms with E-state index in [1.807, 2.05) is 54.6 Å². The van der Waals surface area contributed by atoms with Crippen LogP contribution in [0.1, 0.15) is 6.42 Å². The number of anilines is 1. The van der Waals surface area contributed by atoms with Gasteiger partial charge in [-0.05, 0) is 30.3 Å². The first-order valence-corrected chi connectivity index (χ1v) is 7.38. The third-order valence-corrected chi connectivity index (χ3v) is 3.69. The van der Waals surface area contributed by atoms with Crippen molar-refractivity contribution in [2.24, 2.45) is 0 Å². The van der Waals surface area contributed by atoms with E-state index in [1.165, 1.54) is 0 Å². The maximum atomic E-state index is 11.8. The van der Waals surface area contributed by atoms with Gasteiger partial charge in [0.1, 0.15) is 5.75 Å². The molecule has 20 heavy (non-hydrogen) atoms. The number of carbonyl (C=O) groups excluding carboxylic acids is 1. The number of benzene rings is 2. The van der Waals surface area contributed by atoms with Crippen LogP contribution in [0, 0.1) is 0 Å². The summed E-state index contributed by atoms with van der Waals surface area (Å²) in [5.41, 5.74) is 0.837. The standard InChI is InChI=1S/C16H17NO2S/c1-19-14-8-5-9-15(12-14)20-11-10-16(18)17-13-6-3-2-4-7-13/h2-9,12H,10-11H2,1H3,(H,17,18). The van der Waals surface area contributed by atoms with Crippen molar-refractivity contribution in [3.8, 4) is 5.75 Å². The molecule has 4 heteroatoms. The predicted octanol–water partition coefficient (Wildman–Crippen LogP) is 3.82. The zero-order chi connectivity index (χ0) is 14.2. The van der Waals surface area contributed by atoms with Gasteiger partial charge in [-0.15, -0.1) is 11.8 Å². The highest BCUT2D eigenvalue weighted by atomic mass is 32.2. The van der Waals surface area contributed by atoms with E-state index in [0.717, 1.165) is 22.1 Å². The van der Waals surface area contributed by atoms with E-state index >= 15 is 0 Å². The van der Waals surface area contributed by atoms with Gasteiger partial charge in [-0.2, -0.15) is 0 Å². The monoisotopic (exact) mass is 287 g/mol. The zero-order valence-corrected chi connectivity index (χ0v) is 12.2. The predicted molar refractivity (Wildman–Crippen MR) is 83.4 cm³/mol. The van der Waals surface area contributed by atoms with E-state index in [9.17, 15) is 4.79 Å². The number of nitrogens with one attached hydrogen (secondary N) is 1. The number of rotatable bonds is 6. The first kappa shape index (κ1) is 14.5. The Labute approximate surface area is 123 Å². The fraction of sp³-hybridized carbons (Fsp3) is 0.188. The maximum absolute atomic E-state index is 11.8. The van der Waals surface area contributed by atoms with Gasteiger partial charge in [0.2, 0.25) is 5.91 Å². The average Bonchev–Trinajstić information content (AvgIpc) is 2.48. The van der Waals surface area contributed by atoms with Crippen molar-refractivity contribution >= 4 is 23.4 Å². The first-order valence-electron chi connectivity index (χ1n) is 6.39. The summed E-state index contributed by atoms with van der Waals surface area (Å²) in [6.07, 6.45) is 0.483. The largest absolute Gasteiger partial charge is 0.497 e. The maximum Gasteiger partial charge on any atom is 0.225 e. The molecule has 2 aromatic carbocycles. The van der Waals surface area contributed by atoms with Crippen molar-refractivity contribution < 1.29 is 9.53 Å². The van der Waals surface area contributed by atoms with Crippen LogP contribution in [0.3, 0.4) is 0 Å². The molecule has 0 radical (unpaired) electrons. The second kappa shape index (κ2) is 7.60. The average molecular weight is 287 g/mol. The molecule has 0 bridgehead atoms. The third kappa shape index (κ3) is 4.63. The van der Waals surface area contributed by atoms with Crippen LogP contribution >= 0.6 is 11.8 Å². The molecular formula is C16H17NO2S. The Morgan fingerprint density at radius 3 is 2.70 bits per heavy atom. The molecule has 0 saturated heterocycles. The summed E-state index contributed by atoms with van der Waals surface area (Å²) < 4.78 is 5.17. The summed E-state index contributed by atoms with van der Waals surface area (Å²) >= 11 is 1.65. The molecule has 2 aromatic rings. The Bertz CT molecular complexity index is 557. The quantitative estimate of drug-likeness (QED) is 0.821. The Kier molecular flexibility index (Phi) is 5.50. The van der Waals surface area contributed by atoms with E-state index in [2.05, 4.69) is 5.32 Å². The molecule has 0 heterocycles. The number of ether oxygens (including phenoxy) is 1. The number of para-hydroxylation sites is 1. The second-order valence-electron chi connectivity index (χ2n) is 4.19. The van der Waals surface area contributed by atoms with Crippen molar-refractivity contribution in [2.45, 2.75) is 11.3 Å². The van der Waals surface area contributed by atoms with Crippen LogP contribution in [0.25, 0.3) is 0 Å². The number of carbonyl (C=O) groups is 1. The molecule has 0 atom stereocenters. The molecule has 0 saturated carbocycles. The summed E-state index contributed by atoms with van der Waals surface area (Å²) in [5, 5.41) is 2.87.